The number of ether oxygens (including phenoxy) is 1. The van der Waals surface area contributed by atoms with E-state index in [1.165, 1.54) is 7.11 Å². The van der Waals surface area contributed by atoms with E-state index < -0.39 is 5.97 Å². The first-order chi connectivity index (χ1) is 11.3. The Morgan fingerprint density at radius 1 is 1.29 bits per heavy atom. The van der Waals surface area contributed by atoms with Crippen molar-refractivity contribution in [3.63, 3.8) is 0 Å². The topological polar surface area (TPSA) is 71.2 Å². The molecule has 1 atom stereocenters. The van der Waals surface area contributed by atoms with E-state index in [4.69, 9.17) is 16.3 Å². The highest BCUT2D eigenvalue weighted by Crippen LogP contribution is 2.20. The lowest BCUT2D eigenvalue weighted by Crippen LogP contribution is -2.34. The molecule has 0 bridgehead atoms. The molecule has 0 fully saturated rings. The minimum Gasteiger partial charge on any atom is -0.465 e. The summed E-state index contributed by atoms with van der Waals surface area (Å²) in [7, 11) is 1.32. The predicted molar refractivity (Wildman–Crippen MR) is 93.7 cm³/mol. The zero-order valence-electron chi connectivity index (χ0n) is 14.2. The zero-order chi connectivity index (χ0) is 17.9. The average Bonchev–Trinajstić information content (AvgIpc) is 2.83. The van der Waals surface area contributed by atoms with Crippen molar-refractivity contribution in [2.24, 2.45) is 0 Å². The number of carbonyl (C=O) groups excluding carboxylic acids is 2. The number of aryl methyl sites for hydroxylation is 1. The Bertz CT molecular complexity index is 768. The van der Waals surface area contributed by atoms with Crippen LogP contribution in [0, 0.1) is 13.8 Å². The van der Waals surface area contributed by atoms with Gasteiger partial charge in [0.2, 0.25) is 0 Å². The molecule has 2 aromatic rings. The number of halogens is 1. The summed E-state index contributed by atoms with van der Waals surface area (Å²) in [4.78, 5) is 27.3. The molecule has 6 heteroatoms. The Kier molecular flexibility index (Phi) is 5.67. The second kappa shape index (κ2) is 7.53. The third kappa shape index (κ3) is 3.79. The van der Waals surface area contributed by atoms with Gasteiger partial charge >= 0.3 is 5.97 Å². The van der Waals surface area contributed by atoms with Crippen molar-refractivity contribution in [2.75, 3.05) is 7.11 Å². The number of rotatable bonds is 5. The van der Waals surface area contributed by atoms with Crippen LogP contribution in [0.5, 0.6) is 0 Å². The molecule has 5 nitrogen and oxygen atoms in total. The van der Waals surface area contributed by atoms with E-state index in [1.54, 1.807) is 13.8 Å². The smallest absolute Gasteiger partial charge is 0.339 e. The van der Waals surface area contributed by atoms with Gasteiger partial charge in [-0.05, 0) is 44.4 Å². The molecule has 0 aliphatic carbocycles. The van der Waals surface area contributed by atoms with E-state index in [-0.39, 0.29) is 11.9 Å². The van der Waals surface area contributed by atoms with Gasteiger partial charge in [-0.3, -0.25) is 4.79 Å². The summed E-state index contributed by atoms with van der Waals surface area (Å²) in [6.45, 7) is 5.38. The van der Waals surface area contributed by atoms with Crippen molar-refractivity contribution in [3.05, 3.63) is 57.4 Å². The first kappa shape index (κ1) is 18.1. The lowest BCUT2D eigenvalue weighted by Gasteiger charge is -2.14. The van der Waals surface area contributed by atoms with Gasteiger partial charge in [0.25, 0.3) is 5.91 Å². The van der Waals surface area contributed by atoms with Crippen LogP contribution in [-0.2, 0) is 11.2 Å². The maximum atomic E-state index is 12.5. The van der Waals surface area contributed by atoms with Crippen LogP contribution in [0.15, 0.2) is 24.3 Å². The largest absolute Gasteiger partial charge is 0.465 e. The molecular formula is C18H21ClN2O3. The highest BCUT2D eigenvalue weighted by atomic mass is 35.5. The number of methoxy groups -OCH3 is 1. The molecule has 2 N–H and O–H groups in total. The minimum absolute atomic E-state index is 0.109. The minimum atomic E-state index is -0.454. The number of hydrogen-bond acceptors (Lipinski definition) is 3. The molecule has 1 aromatic carbocycles. The normalized spacial score (nSPS) is 11.9. The Hall–Kier alpha value is -2.27. The van der Waals surface area contributed by atoms with Gasteiger partial charge in [0.15, 0.2) is 0 Å². The van der Waals surface area contributed by atoms with Crippen molar-refractivity contribution < 1.29 is 14.3 Å². The summed E-state index contributed by atoms with van der Waals surface area (Å²) in [5.74, 6) is -0.713. The molecule has 1 aromatic heterocycles. The van der Waals surface area contributed by atoms with Gasteiger partial charge in [0.1, 0.15) is 5.69 Å². The van der Waals surface area contributed by atoms with Gasteiger partial charge in [-0.25, -0.2) is 4.79 Å². The second-order valence-electron chi connectivity index (χ2n) is 5.79. The van der Waals surface area contributed by atoms with E-state index in [1.807, 2.05) is 31.2 Å². The Morgan fingerprint density at radius 3 is 2.58 bits per heavy atom. The number of esters is 1. The summed E-state index contributed by atoms with van der Waals surface area (Å²) < 4.78 is 4.76. The number of aromatic nitrogens is 1. The van der Waals surface area contributed by atoms with Crippen molar-refractivity contribution >= 4 is 23.5 Å². The molecule has 24 heavy (non-hydrogen) atoms. The fourth-order valence-corrected chi connectivity index (χ4v) is 2.94. The van der Waals surface area contributed by atoms with Crippen LogP contribution < -0.4 is 5.32 Å². The zero-order valence-corrected chi connectivity index (χ0v) is 15.0. The number of hydrogen-bond donors (Lipinski definition) is 2. The molecule has 1 heterocycles. The van der Waals surface area contributed by atoms with Crippen LogP contribution in [0.3, 0.4) is 0 Å². The molecule has 128 valence electrons. The number of amides is 1. The molecule has 0 radical (unpaired) electrons. The molecule has 0 aliphatic rings. The van der Waals surface area contributed by atoms with Gasteiger partial charge in [-0.1, -0.05) is 29.8 Å². The second-order valence-corrected chi connectivity index (χ2v) is 6.19. The van der Waals surface area contributed by atoms with Gasteiger partial charge in [0, 0.05) is 16.8 Å². The summed E-state index contributed by atoms with van der Waals surface area (Å²) in [5, 5.41) is 3.61. The fourth-order valence-electron chi connectivity index (χ4n) is 2.73. The predicted octanol–water partition coefficient (Wildman–Crippen LogP) is 3.43. The van der Waals surface area contributed by atoms with Crippen LogP contribution in [0.25, 0.3) is 0 Å². The number of carbonyl (C=O) groups is 2. The molecule has 0 saturated carbocycles. The van der Waals surface area contributed by atoms with E-state index in [0.29, 0.717) is 34.0 Å². The van der Waals surface area contributed by atoms with Gasteiger partial charge in [0.05, 0.1) is 12.7 Å². The maximum Gasteiger partial charge on any atom is 0.339 e. The van der Waals surface area contributed by atoms with E-state index in [2.05, 4.69) is 10.3 Å². The molecule has 0 saturated heterocycles. The summed E-state index contributed by atoms with van der Waals surface area (Å²) in [6.07, 6.45) is 0.619. The first-order valence-corrected chi connectivity index (χ1v) is 8.04. The number of nitrogens with one attached hydrogen (secondary N) is 2. The standard InChI is InChI=1S/C18H21ClN2O3/c1-10(9-13-7-5-6-8-14(13)19)20-17(22)16-11(2)15(12(3)21-16)18(23)24-4/h5-8,10,21H,9H2,1-4H3,(H,20,22)/t10-/m0/s1. The lowest BCUT2D eigenvalue weighted by atomic mass is 10.1. The van der Waals surface area contributed by atoms with Crippen LogP contribution in [0.1, 0.15) is 44.6 Å². The van der Waals surface area contributed by atoms with E-state index >= 15 is 0 Å². The highest BCUT2D eigenvalue weighted by Gasteiger charge is 2.23. The Labute approximate surface area is 146 Å². The fraction of sp³-hybridized carbons (Fsp3) is 0.333. The Morgan fingerprint density at radius 2 is 1.96 bits per heavy atom. The lowest BCUT2D eigenvalue weighted by molar-refractivity contribution is 0.0599. The monoisotopic (exact) mass is 348 g/mol. The molecule has 0 spiro atoms. The third-order valence-electron chi connectivity index (χ3n) is 3.92. The summed E-state index contributed by atoms with van der Waals surface area (Å²) in [6, 6.07) is 7.43. The SMILES string of the molecule is COC(=O)c1c(C)[nH]c(C(=O)N[C@@H](C)Cc2ccccc2Cl)c1C. The molecule has 2 rings (SSSR count). The number of benzene rings is 1. The van der Waals surface area contributed by atoms with Crippen LogP contribution in [0.4, 0.5) is 0 Å². The molecule has 1 amide bonds. The van der Waals surface area contributed by atoms with Crippen molar-refractivity contribution in [1.29, 1.82) is 0 Å². The Balaban J connectivity index is 2.13. The van der Waals surface area contributed by atoms with Crippen LogP contribution in [-0.4, -0.2) is 30.0 Å². The van der Waals surface area contributed by atoms with Gasteiger partial charge < -0.3 is 15.0 Å². The molecule has 0 unspecified atom stereocenters. The van der Waals surface area contributed by atoms with Gasteiger partial charge in [-0.15, -0.1) is 0 Å². The molecule has 0 aliphatic heterocycles. The van der Waals surface area contributed by atoms with Crippen molar-refractivity contribution in [2.45, 2.75) is 33.2 Å². The maximum absolute atomic E-state index is 12.5. The van der Waals surface area contributed by atoms with E-state index in [9.17, 15) is 9.59 Å². The molecular weight excluding hydrogens is 328 g/mol. The first-order valence-electron chi connectivity index (χ1n) is 7.66. The van der Waals surface area contributed by atoms with Gasteiger partial charge in [-0.2, -0.15) is 0 Å². The summed E-state index contributed by atoms with van der Waals surface area (Å²) in [5.41, 5.74) is 2.95. The van der Waals surface area contributed by atoms with Crippen molar-refractivity contribution in [3.8, 4) is 0 Å². The quantitative estimate of drug-likeness (QED) is 0.813. The highest BCUT2D eigenvalue weighted by molar-refractivity contribution is 6.31. The van der Waals surface area contributed by atoms with Crippen molar-refractivity contribution in [1.82, 2.24) is 10.3 Å². The van der Waals surface area contributed by atoms with Crippen LogP contribution in [0.2, 0.25) is 5.02 Å². The number of H-pyrrole nitrogens is 1. The number of aromatic amines is 1. The average molecular weight is 349 g/mol. The third-order valence-corrected chi connectivity index (χ3v) is 4.28. The van der Waals surface area contributed by atoms with E-state index in [0.717, 1.165) is 5.56 Å². The summed E-state index contributed by atoms with van der Waals surface area (Å²) >= 11 is 6.15. The van der Waals surface area contributed by atoms with Crippen LogP contribution >= 0.6 is 11.6 Å².